The number of nitrogens with one attached hydrogen (secondary N) is 1. The van der Waals surface area contributed by atoms with Gasteiger partial charge < -0.3 is 5.32 Å². The Balaban J connectivity index is 2.16. The monoisotopic (exact) mass is 378 g/mol. The molecule has 0 saturated carbocycles. The summed E-state index contributed by atoms with van der Waals surface area (Å²) in [4.78, 5) is 31.9. The summed E-state index contributed by atoms with van der Waals surface area (Å²) in [5.74, 6) is 0. The highest BCUT2D eigenvalue weighted by Crippen LogP contribution is 2.58. The van der Waals surface area contributed by atoms with Gasteiger partial charge in [-0.1, -0.05) is 60.7 Å². The molecule has 146 valence electrons. The Labute approximate surface area is 165 Å². The number of hydrogen-bond acceptors (Lipinski definition) is 2. The third-order valence-corrected chi connectivity index (χ3v) is 5.92. The number of urea groups is 2. The standard InChI is InChI=1S/C22H26N4O2/c1-20(2,3)26-18(27)23-21(16-12-8-6-9-13-16)22(26,17-14-10-7-11-15-17)25(5)19(28)24(21)4/h6-15H,1-5H3,(H,23,27)/t21-,22+/m0/s1. The summed E-state index contributed by atoms with van der Waals surface area (Å²) in [5, 5.41) is 3.20. The number of benzene rings is 2. The summed E-state index contributed by atoms with van der Waals surface area (Å²) >= 11 is 0. The van der Waals surface area contributed by atoms with Crippen molar-refractivity contribution in [3.63, 3.8) is 0 Å². The average molecular weight is 378 g/mol. The van der Waals surface area contributed by atoms with Crippen LogP contribution >= 0.6 is 0 Å². The van der Waals surface area contributed by atoms with E-state index in [2.05, 4.69) is 5.32 Å². The van der Waals surface area contributed by atoms with Crippen LogP contribution in [-0.4, -0.2) is 46.4 Å². The molecule has 2 aliphatic heterocycles. The number of fused-ring (bicyclic) bond motifs is 1. The lowest BCUT2D eigenvalue weighted by Crippen LogP contribution is -2.65. The Hall–Kier alpha value is -3.02. The number of carbonyl (C=O) groups excluding carboxylic acids is 2. The second-order valence-corrected chi connectivity index (χ2v) is 8.45. The molecule has 4 amide bonds. The summed E-state index contributed by atoms with van der Waals surface area (Å²) < 4.78 is 0. The van der Waals surface area contributed by atoms with Crippen molar-refractivity contribution < 1.29 is 9.59 Å². The number of likely N-dealkylation sites (N-methyl/N-ethyl adjacent to an activating group) is 2. The fourth-order valence-corrected chi connectivity index (χ4v) is 4.96. The minimum atomic E-state index is -1.06. The molecular weight excluding hydrogens is 352 g/mol. The van der Waals surface area contributed by atoms with Crippen molar-refractivity contribution in [2.24, 2.45) is 0 Å². The molecule has 0 unspecified atom stereocenters. The zero-order valence-electron chi connectivity index (χ0n) is 16.9. The van der Waals surface area contributed by atoms with Crippen LogP contribution in [0.2, 0.25) is 0 Å². The number of rotatable bonds is 2. The molecule has 6 heteroatoms. The zero-order chi connectivity index (χ0) is 20.3. The molecule has 2 heterocycles. The number of hydrogen-bond donors (Lipinski definition) is 1. The predicted octanol–water partition coefficient (Wildman–Crippen LogP) is 3.51. The number of nitrogens with zero attached hydrogens (tertiary/aromatic N) is 3. The van der Waals surface area contributed by atoms with E-state index in [4.69, 9.17) is 0 Å². The van der Waals surface area contributed by atoms with Crippen molar-refractivity contribution in [1.82, 2.24) is 20.0 Å². The topological polar surface area (TPSA) is 55.9 Å². The van der Waals surface area contributed by atoms with Gasteiger partial charge in [0.05, 0.1) is 0 Å². The Morgan fingerprint density at radius 2 is 1.29 bits per heavy atom. The molecule has 1 N–H and O–H groups in total. The first-order valence-electron chi connectivity index (χ1n) is 9.44. The van der Waals surface area contributed by atoms with Crippen LogP contribution in [0.3, 0.4) is 0 Å². The van der Waals surface area contributed by atoms with Crippen molar-refractivity contribution in [2.75, 3.05) is 14.1 Å². The van der Waals surface area contributed by atoms with Gasteiger partial charge in [-0.2, -0.15) is 0 Å². The second-order valence-electron chi connectivity index (χ2n) is 8.45. The van der Waals surface area contributed by atoms with Crippen LogP contribution in [0, 0.1) is 0 Å². The van der Waals surface area contributed by atoms with Crippen LogP contribution in [0.25, 0.3) is 0 Å². The van der Waals surface area contributed by atoms with Gasteiger partial charge in [0.1, 0.15) is 0 Å². The van der Waals surface area contributed by atoms with Crippen molar-refractivity contribution >= 4 is 12.1 Å². The first-order valence-corrected chi connectivity index (χ1v) is 9.44. The Morgan fingerprint density at radius 3 is 1.79 bits per heavy atom. The smallest absolute Gasteiger partial charge is 0.307 e. The van der Waals surface area contributed by atoms with Crippen LogP contribution in [0.5, 0.6) is 0 Å². The molecule has 0 spiro atoms. The van der Waals surface area contributed by atoms with Crippen LogP contribution < -0.4 is 5.32 Å². The molecule has 6 nitrogen and oxygen atoms in total. The fourth-order valence-electron chi connectivity index (χ4n) is 4.96. The summed E-state index contributed by atoms with van der Waals surface area (Å²) in [6.45, 7) is 5.99. The lowest BCUT2D eigenvalue weighted by Gasteiger charge is -2.51. The molecule has 2 aromatic rings. The van der Waals surface area contributed by atoms with Gasteiger partial charge in [-0.05, 0) is 20.8 Å². The van der Waals surface area contributed by atoms with Crippen molar-refractivity contribution in [2.45, 2.75) is 37.6 Å². The van der Waals surface area contributed by atoms with E-state index >= 15 is 0 Å². The molecule has 2 saturated heterocycles. The van der Waals surface area contributed by atoms with Gasteiger partial charge >= 0.3 is 12.1 Å². The minimum absolute atomic E-state index is 0.151. The highest BCUT2D eigenvalue weighted by molar-refractivity contribution is 5.89. The first kappa shape index (κ1) is 18.3. The molecule has 2 aliphatic rings. The molecule has 0 bridgehead atoms. The van der Waals surface area contributed by atoms with E-state index in [0.717, 1.165) is 11.1 Å². The maximum Gasteiger partial charge on any atom is 0.324 e. The number of amides is 4. The third-order valence-electron chi connectivity index (χ3n) is 5.92. The molecule has 4 rings (SSSR count). The van der Waals surface area contributed by atoms with E-state index in [0.29, 0.717) is 0 Å². The lowest BCUT2D eigenvalue weighted by molar-refractivity contribution is -0.0596. The van der Waals surface area contributed by atoms with E-state index in [1.807, 2.05) is 86.3 Å². The third kappa shape index (κ3) is 1.97. The first-order chi connectivity index (χ1) is 13.2. The molecule has 2 aromatic carbocycles. The molecule has 28 heavy (non-hydrogen) atoms. The van der Waals surface area contributed by atoms with Crippen molar-refractivity contribution in [1.29, 1.82) is 0 Å². The molecule has 0 aromatic heterocycles. The predicted molar refractivity (Wildman–Crippen MR) is 107 cm³/mol. The maximum absolute atomic E-state index is 13.4. The average Bonchev–Trinajstić information content (AvgIpc) is 3.05. The zero-order valence-corrected chi connectivity index (χ0v) is 16.9. The van der Waals surface area contributed by atoms with Gasteiger partial charge in [-0.15, -0.1) is 0 Å². The second kappa shape index (κ2) is 5.74. The Morgan fingerprint density at radius 1 is 0.786 bits per heavy atom. The van der Waals surface area contributed by atoms with Crippen LogP contribution in [0.1, 0.15) is 31.9 Å². The molecule has 2 atom stereocenters. The highest BCUT2D eigenvalue weighted by Gasteiger charge is 2.76. The minimum Gasteiger partial charge on any atom is -0.307 e. The highest BCUT2D eigenvalue weighted by atomic mass is 16.2. The summed E-state index contributed by atoms with van der Waals surface area (Å²) in [6, 6.07) is 19.2. The van der Waals surface area contributed by atoms with Gasteiger partial charge in [0, 0.05) is 30.8 Å². The van der Waals surface area contributed by atoms with Gasteiger partial charge in [0.15, 0.2) is 11.3 Å². The molecular formula is C22H26N4O2. The van der Waals surface area contributed by atoms with E-state index in [1.54, 1.807) is 23.9 Å². The molecule has 0 aliphatic carbocycles. The Kier molecular flexibility index (Phi) is 3.76. The van der Waals surface area contributed by atoms with Gasteiger partial charge in [-0.3, -0.25) is 14.7 Å². The van der Waals surface area contributed by atoms with E-state index < -0.39 is 16.9 Å². The molecule has 2 fully saturated rings. The van der Waals surface area contributed by atoms with Gasteiger partial charge in [-0.25, -0.2) is 9.59 Å². The number of carbonyl (C=O) groups is 2. The van der Waals surface area contributed by atoms with Gasteiger partial charge in [0.25, 0.3) is 0 Å². The van der Waals surface area contributed by atoms with E-state index in [9.17, 15) is 9.59 Å². The summed E-state index contributed by atoms with van der Waals surface area (Å²) in [6.07, 6.45) is 0. The lowest BCUT2D eigenvalue weighted by atomic mass is 9.79. The fraction of sp³-hybridized carbons (Fsp3) is 0.364. The van der Waals surface area contributed by atoms with Crippen LogP contribution in [-0.2, 0) is 11.3 Å². The van der Waals surface area contributed by atoms with Crippen LogP contribution in [0.15, 0.2) is 60.7 Å². The summed E-state index contributed by atoms with van der Waals surface area (Å²) in [7, 11) is 3.53. The largest absolute Gasteiger partial charge is 0.324 e. The Bertz CT molecular complexity index is 925. The normalized spacial score (nSPS) is 27.2. The quantitative estimate of drug-likeness (QED) is 0.869. The van der Waals surface area contributed by atoms with Crippen molar-refractivity contribution in [3.05, 3.63) is 71.8 Å². The van der Waals surface area contributed by atoms with E-state index in [1.165, 1.54) is 0 Å². The van der Waals surface area contributed by atoms with Crippen molar-refractivity contribution in [3.8, 4) is 0 Å². The maximum atomic E-state index is 13.4. The SMILES string of the molecule is CN1C(=O)N(C)[C@]2(c3ccccc3)NC(=O)N(C(C)(C)C)[C@@]12c1ccccc1. The van der Waals surface area contributed by atoms with Crippen LogP contribution in [0.4, 0.5) is 9.59 Å². The van der Waals surface area contributed by atoms with E-state index in [-0.39, 0.29) is 12.1 Å². The molecule has 0 radical (unpaired) electrons. The summed E-state index contributed by atoms with van der Waals surface area (Å²) in [5.41, 5.74) is -0.898. The van der Waals surface area contributed by atoms with Gasteiger partial charge in [0.2, 0.25) is 0 Å².